The lowest BCUT2D eigenvalue weighted by Crippen LogP contribution is -1.98. The molecule has 0 heterocycles. The molecule has 0 saturated carbocycles. The number of hydrogen-bond acceptors (Lipinski definition) is 3. The Bertz CT molecular complexity index is 788. The van der Waals surface area contributed by atoms with Gasteiger partial charge in [-0.1, -0.05) is 12.1 Å². The van der Waals surface area contributed by atoms with E-state index in [1.807, 2.05) is 6.07 Å². The lowest BCUT2D eigenvalue weighted by molar-refractivity contribution is 0.161. The zero-order chi connectivity index (χ0) is 16.8. The molecule has 0 radical (unpaired) electrons. The second-order valence-electron chi connectivity index (χ2n) is 4.62. The van der Waals surface area contributed by atoms with Gasteiger partial charge in [0.25, 0.3) is 0 Å². The normalized spacial score (nSPS) is 11.9. The summed E-state index contributed by atoms with van der Waals surface area (Å²) < 4.78 is 37.0. The Morgan fingerprint density at radius 1 is 1.13 bits per heavy atom. The van der Waals surface area contributed by atoms with Crippen LogP contribution in [-0.4, -0.2) is 12.8 Å². The van der Waals surface area contributed by atoms with Crippen molar-refractivity contribution < 1.29 is 13.2 Å². The highest BCUT2D eigenvalue weighted by molar-refractivity contribution is 5.84. The van der Waals surface area contributed by atoms with E-state index < -0.39 is 6.55 Å². The molecule has 0 aliphatic rings. The maximum Gasteiger partial charge on any atom is 0.331 e. The Hall–Kier alpha value is -3.07. The van der Waals surface area contributed by atoms with Crippen molar-refractivity contribution in [2.24, 2.45) is 10.7 Å². The minimum Gasteiger partial charge on any atom is -0.398 e. The number of allylic oxidation sites excluding steroid dienone is 1. The fourth-order valence-corrected chi connectivity index (χ4v) is 1.95. The van der Waals surface area contributed by atoms with Crippen LogP contribution in [-0.2, 0) is 0 Å². The van der Waals surface area contributed by atoms with Crippen molar-refractivity contribution in [2.75, 3.05) is 0 Å². The molecule has 2 rings (SSSR count). The smallest absolute Gasteiger partial charge is 0.331 e. The van der Waals surface area contributed by atoms with Crippen molar-refractivity contribution in [3.63, 3.8) is 0 Å². The second kappa shape index (κ2) is 7.27. The highest BCUT2D eigenvalue weighted by Crippen LogP contribution is 2.24. The van der Waals surface area contributed by atoms with Crippen molar-refractivity contribution in [3.8, 4) is 17.2 Å². The molecule has 2 N–H and O–H groups in total. The molecule has 0 saturated heterocycles. The molecule has 0 amide bonds. The number of nitriles is 1. The maximum atomic E-state index is 13.0. The lowest BCUT2D eigenvalue weighted by atomic mass is 9.99. The third kappa shape index (κ3) is 4.45. The molecule has 0 fully saturated rings. The van der Waals surface area contributed by atoms with E-state index in [9.17, 15) is 13.2 Å². The molecule has 6 heteroatoms. The summed E-state index contributed by atoms with van der Waals surface area (Å²) in [5.74, 6) is -0.368. The molecule has 116 valence electrons. The summed E-state index contributed by atoms with van der Waals surface area (Å²) in [4.78, 5) is 2.90. The molecular weight excluding hydrogens is 303 g/mol. The minimum absolute atomic E-state index is 0.190. The number of halogens is 3. The van der Waals surface area contributed by atoms with Crippen molar-refractivity contribution in [1.82, 2.24) is 0 Å². The minimum atomic E-state index is -2.81. The van der Waals surface area contributed by atoms with Gasteiger partial charge in [-0.2, -0.15) is 14.0 Å². The summed E-state index contributed by atoms with van der Waals surface area (Å²) in [7, 11) is 0. The van der Waals surface area contributed by atoms with Crippen LogP contribution in [0.3, 0.4) is 0 Å². The van der Waals surface area contributed by atoms with E-state index in [0.29, 0.717) is 22.3 Å². The topological polar surface area (TPSA) is 62.2 Å². The summed E-state index contributed by atoms with van der Waals surface area (Å²) in [6, 6.07) is 12.6. The van der Waals surface area contributed by atoms with Crippen LogP contribution >= 0.6 is 0 Å². The van der Waals surface area contributed by atoms with Crippen LogP contribution in [0.5, 0.6) is 0 Å². The SMILES string of the molecule is N#Cc1cc(/C(N)=C/C=N/C(F)F)cc(-c2ccc(F)cc2)c1. The first kappa shape index (κ1) is 16.3. The van der Waals surface area contributed by atoms with Crippen molar-refractivity contribution in [1.29, 1.82) is 5.26 Å². The molecule has 23 heavy (non-hydrogen) atoms. The number of benzene rings is 2. The third-order valence-corrected chi connectivity index (χ3v) is 3.03. The van der Waals surface area contributed by atoms with Crippen LogP contribution in [0.4, 0.5) is 13.2 Å². The monoisotopic (exact) mass is 315 g/mol. The van der Waals surface area contributed by atoms with Gasteiger partial charge in [0.1, 0.15) is 5.82 Å². The highest BCUT2D eigenvalue weighted by atomic mass is 19.3. The van der Waals surface area contributed by atoms with E-state index in [2.05, 4.69) is 4.99 Å². The van der Waals surface area contributed by atoms with E-state index in [0.717, 1.165) is 6.21 Å². The number of rotatable bonds is 4. The Kier molecular flexibility index (Phi) is 5.15. The van der Waals surface area contributed by atoms with Crippen LogP contribution < -0.4 is 5.73 Å². The summed E-state index contributed by atoms with van der Waals surface area (Å²) in [6.45, 7) is -2.81. The standard InChI is InChI=1S/C17H12F3N3/c18-15-3-1-12(2-4-15)13-7-11(10-21)8-14(9-13)16(22)5-6-23-17(19)20/h1-9,17H,22H2/b16-5-,23-6+. The number of alkyl halides is 2. The van der Waals surface area contributed by atoms with Crippen molar-refractivity contribution in [3.05, 3.63) is 65.5 Å². The van der Waals surface area contributed by atoms with Gasteiger partial charge < -0.3 is 5.73 Å². The van der Waals surface area contributed by atoms with Crippen LogP contribution in [0.15, 0.2) is 53.5 Å². The molecule has 0 spiro atoms. The molecule has 0 aliphatic heterocycles. The molecular formula is C17H12F3N3. The quantitative estimate of drug-likeness (QED) is 0.686. The third-order valence-electron chi connectivity index (χ3n) is 3.03. The number of nitrogens with zero attached hydrogens (tertiary/aromatic N) is 2. The molecule has 2 aromatic carbocycles. The molecule has 0 unspecified atom stereocenters. The fraction of sp³-hybridized carbons (Fsp3) is 0.0588. The van der Waals surface area contributed by atoms with Crippen LogP contribution in [0.2, 0.25) is 0 Å². The Morgan fingerprint density at radius 3 is 2.43 bits per heavy atom. The molecule has 0 aromatic heterocycles. The van der Waals surface area contributed by atoms with Gasteiger partial charge in [-0.25, -0.2) is 9.38 Å². The lowest BCUT2D eigenvalue weighted by Gasteiger charge is -2.07. The van der Waals surface area contributed by atoms with Gasteiger partial charge in [-0.15, -0.1) is 0 Å². The second-order valence-corrected chi connectivity index (χ2v) is 4.62. The molecule has 2 aromatic rings. The van der Waals surface area contributed by atoms with Gasteiger partial charge in [-0.05, 0) is 53.1 Å². The summed E-state index contributed by atoms with van der Waals surface area (Å²) >= 11 is 0. The van der Waals surface area contributed by atoms with Crippen LogP contribution in [0.25, 0.3) is 16.8 Å². The Labute approximate surface area is 131 Å². The first-order valence-electron chi connectivity index (χ1n) is 6.58. The van der Waals surface area contributed by atoms with E-state index in [1.165, 1.54) is 24.3 Å². The summed E-state index contributed by atoms with van der Waals surface area (Å²) in [6.07, 6.45) is 2.15. The van der Waals surface area contributed by atoms with Crippen LogP contribution in [0.1, 0.15) is 11.1 Å². The van der Waals surface area contributed by atoms with Crippen molar-refractivity contribution >= 4 is 11.9 Å². The van der Waals surface area contributed by atoms with Gasteiger partial charge in [-0.3, -0.25) is 0 Å². The number of aliphatic imine (C=N–C) groups is 1. The van der Waals surface area contributed by atoms with Gasteiger partial charge in [0.05, 0.1) is 11.6 Å². The van der Waals surface area contributed by atoms with E-state index in [4.69, 9.17) is 11.0 Å². The molecule has 3 nitrogen and oxygen atoms in total. The average Bonchev–Trinajstić information content (AvgIpc) is 2.54. The van der Waals surface area contributed by atoms with Gasteiger partial charge in [0.2, 0.25) is 0 Å². The average molecular weight is 315 g/mol. The number of nitrogens with two attached hydrogens (primary N) is 1. The fourth-order valence-electron chi connectivity index (χ4n) is 1.95. The zero-order valence-electron chi connectivity index (χ0n) is 11.9. The first-order chi connectivity index (χ1) is 11.0. The zero-order valence-corrected chi connectivity index (χ0v) is 11.9. The molecule has 0 aliphatic carbocycles. The Morgan fingerprint density at radius 2 is 1.83 bits per heavy atom. The van der Waals surface area contributed by atoms with Gasteiger partial charge in [0, 0.05) is 11.9 Å². The van der Waals surface area contributed by atoms with Crippen LogP contribution in [0, 0.1) is 17.1 Å². The van der Waals surface area contributed by atoms with Crippen molar-refractivity contribution in [2.45, 2.75) is 6.55 Å². The maximum absolute atomic E-state index is 13.0. The summed E-state index contributed by atoms with van der Waals surface area (Å²) in [5.41, 5.74) is 8.24. The largest absolute Gasteiger partial charge is 0.398 e. The van der Waals surface area contributed by atoms with E-state index >= 15 is 0 Å². The highest BCUT2D eigenvalue weighted by Gasteiger charge is 2.05. The van der Waals surface area contributed by atoms with E-state index in [1.54, 1.807) is 24.3 Å². The predicted octanol–water partition coefficient (Wildman–Crippen LogP) is 3.96. The van der Waals surface area contributed by atoms with E-state index in [-0.39, 0.29) is 11.5 Å². The van der Waals surface area contributed by atoms with Gasteiger partial charge in [0.15, 0.2) is 0 Å². The predicted molar refractivity (Wildman–Crippen MR) is 83.2 cm³/mol. The molecule has 0 bridgehead atoms. The summed E-state index contributed by atoms with van der Waals surface area (Å²) in [5, 5.41) is 9.11. The number of hydrogen-bond donors (Lipinski definition) is 1. The van der Waals surface area contributed by atoms with Gasteiger partial charge >= 0.3 is 6.55 Å². The molecule has 0 atom stereocenters. The Balaban J connectivity index is 2.43. The first-order valence-corrected chi connectivity index (χ1v) is 6.58.